The van der Waals surface area contributed by atoms with Gasteiger partial charge in [-0.1, -0.05) is 36.4 Å². The maximum Gasteiger partial charge on any atom is 0.263 e. The minimum Gasteiger partial charge on any atom is -0.467 e. The molecule has 1 aromatic carbocycles. The maximum absolute atomic E-state index is 13.3. The third-order valence-corrected chi connectivity index (χ3v) is 7.74. The van der Waals surface area contributed by atoms with Crippen LogP contribution in [0.1, 0.15) is 23.1 Å². The van der Waals surface area contributed by atoms with Crippen molar-refractivity contribution in [3.8, 4) is 10.4 Å². The van der Waals surface area contributed by atoms with Crippen molar-refractivity contribution in [1.82, 2.24) is 14.6 Å². The molecule has 4 aromatic heterocycles. The number of rotatable bonds is 5. The van der Waals surface area contributed by atoms with Gasteiger partial charge in [0.15, 0.2) is 0 Å². The number of fused-ring (bicyclic) bond motifs is 1. The summed E-state index contributed by atoms with van der Waals surface area (Å²) < 4.78 is 6.95. The Morgan fingerprint density at radius 3 is 2.74 bits per heavy atom. The van der Waals surface area contributed by atoms with Crippen LogP contribution in [0, 0.1) is 0 Å². The molecule has 1 aliphatic heterocycles. The number of carbonyl (C=O) groups is 1. The van der Waals surface area contributed by atoms with Gasteiger partial charge in [0, 0.05) is 11.3 Å². The van der Waals surface area contributed by atoms with Gasteiger partial charge in [-0.2, -0.15) is 5.10 Å². The van der Waals surface area contributed by atoms with E-state index in [1.165, 1.54) is 27.2 Å². The summed E-state index contributed by atoms with van der Waals surface area (Å²) in [5.41, 5.74) is 1.62. The number of hydrogen-bond acceptors (Lipinski definition) is 7. The SMILES string of the molecule is O=C(Cn1cnc2sc(-c3ccccc3)cc2c1=O)N1N=C(c2cccs2)CC1c1ccco1. The Bertz CT molecular complexity index is 1550. The Balaban J connectivity index is 1.32. The first-order valence-electron chi connectivity index (χ1n) is 10.7. The molecule has 5 aromatic rings. The summed E-state index contributed by atoms with van der Waals surface area (Å²) >= 11 is 3.04. The second kappa shape index (κ2) is 8.51. The molecule has 0 saturated carbocycles. The number of aromatic nitrogens is 2. The standard InChI is InChI=1S/C25H18N4O3S2/c30-23(29-19(20-8-4-10-32-20)13-18(27-29)21-9-5-11-33-21)14-28-15-26-24-17(25(28)31)12-22(34-24)16-6-2-1-3-7-16/h1-12,15,19H,13-14H2. The highest BCUT2D eigenvalue weighted by Gasteiger charge is 2.35. The van der Waals surface area contributed by atoms with Crippen LogP contribution in [0.4, 0.5) is 0 Å². The van der Waals surface area contributed by atoms with Crippen LogP contribution in [0.2, 0.25) is 0 Å². The molecule has 1 unspecified atom stereocenters. The maximum atomic E-state index is 13.3. The van der Waals surface area contributed by atoms with Crippen molar-refractivity contribution < 1.29 is 9.21 Å². The van der Waals surface area contributed by atoms with Crippen molar-refractivity contribution in [3.63, 3.8) is 0 Å². The zero-order chi connectivity index (χ0) is 23.1. The van der Waals surface area contributed by atoms with Gasteiger partial charge in [-0.3, -0.25) is 14.2 Å². The molecule has 0 bridgehead atoms. The monoisotopic (exact) mass is 486 g/mol. The number of thiophene rings is 2. The first-order valence-corrected chi connectivity index (χ1v) is 12.4. The minimum absolute atomic E-state index is 0.156. The lowest BCUT2D eigenvalue weighted by Crippen LogP contribution is -2.33. The average molecular weight is 487 g/mol. The van der Waals surface area contributed by atoms with Gasteiger partial charge in [-0.05, 0) is 35.2 Å². The van der Waals surface area contributed by atoms with Crippen LogP contribution in [0.25, 0.3) is 20.7 Å². The summed E-state index contributed by atoms with van der Waals surface area (Å²) in [7, 11) is 0. The van der Waals surface area contributed by atoms with E-state index in [0.29, 0.717) is 22.4 Å². The Morgan fingerprint density at radius 1 is 1.09 bits per heavy atom. The topological polar surface area (TPSA) is 80.7 Å². The molecule has 1 atom stereocenters. The highest BCUT2D eigenvalue weighted by Crippen LogP contribution is 2.34. The zero-order valence-corrected chi connectivity index (χ0v) is 19.5. The van der Waals surface area contributed by atoms with Crippen LogP contribution < -0.4 is 5.56 Å². The largest absolute Gasteiger partial charge is 0.467 e. The van der Waals surface area contributed by atoms with E-state index in [-0.39, 0.29) is 24.1 Å². The van der Waals surface area contributed by atoms with Crippen molar-refractivity contribution in [2.24, 2.45) is 5.10 Å². The van der Waals surface area contributed by atoms with Gasteiger partial charge in [0.05, 0.1) is 28.6 Å². The van der Waals surface area contributed by atoms with Crippen molar-refractivity contribution in [2.45, 2.75) is 19.0 Å². The van der Waals surface area contributed by atoms with E-state index >= 15 is 0 Å². The van der Waals surface area contributed by atoms with E-state index in [9.17, 15) is 9.59 Å². The summed E-state index contributed by atoms with van der Waals surface area (Å²) in [4.78, 5) is 33.6. The molecule has 6 rings (SSSR count). The Kier molecular flexibility index (Phi) is 5.20. The number of amides is 1. The van der Waals surface area contributed by atoms with Crippen molar-refractivity contribution in [2.75, 3.05) is 0 Å². The summed E-state index contributed by atoms with van der Waals surface area (Å²) in [5.74, 6) is 0.365. The lowest BCUT2D eigenvalue weighted by atomic mass is 10.1. The summed E-state index contributed by atoms with van der Waals surface area (Å²) in [6, 6.07) is 18.9. The van der Waals surface area contributed by atoms with Crippen LogP contribution >= 0.6 is 22.7 Å². The summed E-state index contributed by atoms with van der Waals surface area (Å²) in [6.45, 7) is -0.156. The lowest BCUT2D eigenvalue weighted by Gasteiger charge is -2.20. The lowest BCUT2D eigenvalue weighted by molar-refractivity contribution is -0.134. The molecular formula is C25H18N4O3S2. The Morgan fingerprint density at radius 2 is 1.97 bits per heavy atom. The molecule has 7 nitrogen and oxygen atoms in total. The number of benzene rings is 1. The molecule has 1 aliphatic rings. The number of nitrogens with zero attached hydrogens (tertiary/aromatic N) is 4. The van der Waals surface area contributed by atoms with E-state index < -0.39 is 0 Å². The van der Waals surface area contributed by atoms with Crippen LogP contribution in [-0.4, -0.2) is 26.2 Å². The molecule has 0 saturated heterocycles. The van der Waals surface area contributed by atoms with E-state index in [4.69, 9.17) is 4.42 Å². The smallest absolute Gasteiger partial charge is 0.263 e. The van der Waals surface area contributed by atoms with Gasteiger partial charge in [0.2, 0.25) is 0 Å². The first kappa shape index (κ1) is 20.8. The van der Waals surface area contributed by atoms with Gasteiger partial charge in [-0.25, -0.2) is 9.99 Å². The molecule has 168 valence electrons. The number of furan rings is 1. The van der Waals surface area contributed by atoms with Crippen LogP contribution in [0.5, 0.6) is 0 Å². The summed E-state index contributed by atoms with van der Waals surface area (Å²) in [5, 5.41) is 8.54. The van der Waals surface area contributed by atoms with Crippen molar-refractivity contribution in [3.05, 3.63) is 99.6 Å². The number of hydrogen-bond donors (Lipinski definition) is 0. The predicted molar refractivity (Wildman–Crippen MR) is 133 cm³/mol. The van der Waals surface area contributed by atoms with Gasteiger partial charge in [-0.15, -0.1) is 22.7 Å². The minimum atomic E-state index is -0.349. The Labute approximate surface area is 202 Å². The third-order valence-electron chi connectivity index (χ3n) is 5.73. The molecule has 0 fully saturated rings. The highest BCUT2D eigenvalue weighted by atomic mass is 32.1. The van der Waals surface area contributed by atoms with Crippen LogP contribution in [0.15, 0.2) is 92.9 Å². The van der Waals surface area contributed by atoms with E-state index in [1.807, 2.05) is 60.0 Å². The molecule has 0 radical (unpaired) electrons. The second-order valence-electron chi connectivity index (χ2n) is 7.87. The molecule has 0 aliphatic carbocycles. The van der Waals surface area contributed by atoms with Crippen molar-refractivity contribution in [1.29, 1.82) is 0 Å². The van der Waals surface area contributed by atoms with E-state index in [1.54, 1.807) is 23.7 Å². The molecule has 5 heterocycles. The fraction of sp³-hybridized carbons (Fsp3) is 0.120. The fourth-order valence-corrected chi connectivity index (χ4v) is 5.79. The second-order valence-corrected chi connectivity index (χ2v) is 9.85. The van der Waals surface area contributed by atoms with Gasteiger partial charge in [0.1, 0.15) is 23.2 Å². The van der Waals surface area contributed by atoms with E-state index in [0.717, 1.165) is 21.0 Å². The highest BCUT2D eigenvalue weighted by molar-refractivity contribution is 7.21. The first-order chi connectivity index (χ1) is 16.7. The Hall–Kier alpha value is -3.82. The van der Waals surface area contributed by atoms with Gasteiger partial charge >= 0.3 is 0 Å². The molecule has 1 amide bonds. The normalized spacial score (nSPS) is 15.7. The van der Waals surface area contributed by atoms with E-state index in [2.05, 4.69) is 10.1 Å². The molecular weight excluding hydrogens is 468 g/mol. The summed E-state index contributed by atoms with van der Waals surface area (Å²) in [6.07, 6.45) is 3.58. The molecule has 34 heavy (non-hydrogen) atoms. The van der Waals surface area contributed by atoms with Gasteiger partial charge in [0.25, 0.3) is 11.5 Å². The third kappa shape index (κ3) is 3.68. The average Bonchev–Trinajstić information content (AvgIpc) is 3.67. The van der Waals surface area contributed by atoms with Crippen molar-refractivity contribution >= 4 is 44.5 Å². The molecule has 9 heteroatoms. The van der Waals surface area contributed by atoms with Crippen LogP contribution in [-0.2, 0) is 11.3 Å². The fourth-order valence-electron chi connectivity index (χ4n) is 4.07. The molecule has 0 spiro atoms. The zero-order valence-electron chi connectivity index (χ0n) is 17.8. The molecule has 0 N–H and O–H groups in total. The number of carbonyl (C=O) groups excluding carboxylic acids is 1. The van der Waals surface area contributed by atoms with Gasteiger partial charge < -0.3 is 4.42 Å². The van der Waals surface area contributed by atoms with Crippen LogP contribution in [0.3, 0.4) is 0 Å². The number of hydrazone groups is 1. The predicted octanol–water partition coefficient (Wildman–Crippen LogP) is 5.16. The quantitative estimate of drug-likeness (QED) is 0.344.